The van der Waals surface area contributed by atoms with Gasteiger partial charge in [-0.25, -0.2) is 9.79 Å². The van der Waals surface area contributed by atoms with Crippen molar-refractivity contribution in [3.8, 4) is 5.88 Å². The number of hydrogen-bond donors (Lipinski definition) is 4. The molecule has 1 aromatic heterocycles. The number of nitrogens with two attached hydrogens (primary N) is 2. The summed E-state index contributed by atoms with van der Waals surface area (Å²) in [4.78, 5) is 19.9. The van der Waals surface area contributed by atoms with E-state index >= 15 is 0 Å². The van der Waals surface area contributed by atoms with Gasteiger partial charge in [0, 0.05) is 28.0 Å². The number of methoxy groups -OCH3 is 1. The molecule has 0 radical (unpaired) electrons. The van der Waals surface area contributed by atoms with Crippen molar-refractivity contribution in [2.75, 3.05) is 7.11 Å². The smallest absolute Gasteiger partial charge is 0.337 e. The van der Waals surface area contributed by atoms with Crippen LogP contribution in [0.3, 0.4) is 0 Å². The van der Waals surface area contributed by atoms with E-state index in [1.54, 1.807) is 18.2 Å². The normalized spacial score (nSPS) is 13.1. The van der Waals surface area contributed by atoms with Gasteiger partial charge in [0.25, 0.3) is 0 Å². The number of H-pyrrole nitrogens is 1. The quantitative estimate of drug-likeness (QED) is 0.198. The molecular weight excluding hydrogens is 452 g/mol. The van der Waals surface area contributed by atoms with Crippen LogP contribution in [0.5, 0.6) is 5.88 Å². The highest BCUT2D eigenvalue weighted by molar-refractivity contribution is 6.22. The van der Waals surface area contributed by atoms with E-state index in [4.69, 9.17) is 21.2 Å². The summed E-state index contributed by atoms with van der Waals surface area (Å²) in [5.74, 6) is -0.476. The van der Waals surface area contributed by atoms with Crippen LogP contribution in [0, 0.1) is 0 Å². The molecule has 0 aliphatic rings. The van der Waals surface area contributed by atoms with Crippen molar-refractivity contribution in [2.45, 2.75) is 38.3 Å². The van der Waals surface area contributed by atoms with Gasteiger partial charge in [0.15, 0.2) is 5.88 Å². The highest BCUT2D eigenvalue weighted by Crippen LogP contribution is 2.32. The number of aromatic amines is 1. The molecule has 0 amide bonds. The fraction of sp³-hybridized carbons (Fsp3) is 0.241. The SMILES string of the molecule is COC(=O)c1ccc2c(C(=Nc3ccc(C(N)CCC(C)(C)N)cc3)c3ccccc3)c(O)[nH]c2c1. The van der Waals surface area contributed by atoms with E-state index in [0.717, 1.165) is 35.0 Å². The minimum absolute atomic E-state index is 0.0299. The third-order valence-electron chi connectivity index (χ3n) is 6.15. The number of hydrogen-bond acceptors (Lipinski definition) is 6. The number of carbonyl (C=O) groups is 1. The van der Waals surface area contributed by atoms with Crippen LogP contribution in [0.15, 0.2) is 77.8 Å². The molecule has 7 heteroatoms. The standard InChI is InChI=1S/C29H32N4O3/c1-29(2,31)16-15-23(30)18-9-12-21(13-10-18)32-26(19-7-5-4-6-8-19)25-22-14-11-20(28(35)36-3)17-24(22)33-27(25)34/h4-14,17,23,33-34H,15-16,30-31H2,1-3H3. The van der Waals surface area contributed by atoms with Gasteiger partial charge in [0.1, 0.15) is 0 Å². The second-order valence-corrected chi connectivity index (χ2v) is 9.65. The number of ether oxygens (including phenoxy) is 1. The molecule has 6 N–H and O–H groups in total. The summed E-state index contributed by atoms with van der Waals surface area (Å²) in [6.45, 7) is 4.00. The number of nitrogens with zero attached hydrogens (tertiary/aromatic N) is 1. The first kappa shape index (κ1) is 25.2. The molecule has 1 heterocycles. The number of aromatic nitrogens is 1. The van der Waals surface area contributed by atoms with E-state index in [0.29, 0.717) is 22.4 Å². The summed E-state index contributed by atoms with van der Waals surface area (Å²) in [7, 11) is 1.33. The lowest BCUT2D eigenvalue weighted by Gasteiger charge is -2.21. The van der Waals surface area contributed by atoms with Gasteiger partial charge in [-0.2, -0.15) is 0 Å². The molecule has 1 atom stereocenters. The van der Waals surface area contributed by atoms with Crippen molar-refractivity contribution in [1.29, 1.82) is 0 Å². The largest absolute Gasteiger partial charge is 0.494 e. The molecule has 0 fully saturated rings. The van der Waals surface area contributed by atoms with Gasteiger partial charge >= 0.3 is 5.97 Å². The van der Waals surface area contributed by atoms with Gasteiger partial charge in [-0.3, -0.25) is 0 Å². The molecular formula is C29H32N4O3. The number of esters is 1. The fourth-order valence-corrected chi connectivity index (χ4v) is 4.15. The van der Waals surface area contributed by atoms with E-state index in [9.17, 15) is 9.90 Å². The molecule has 0 aliphatic carbocycles. The second kappa shape index (κ2) is 10.4. The Morgan fingerprint density at radius 3 is 2.39 bits per heavy atom. The van der Waals surface area contributed by atoms with E-state index in [2.05, 4.69) is 4.98 Å². The maximum absolute atomic E-state index is 12.0. The Balaban J connectivity index is 1.74. The molecule has 3 aromatic carbocycles. The molecule has 0 bridgehead atoms. The van der Waals surface area contributed by atoms with Crippen molar-refractivity contribution >= 4 is 28.3 Å². The minimum atomic E-state index is -0.446. The van der Waals surface area contributed by atoms with Crippen LogP contribution in [0.4, 0.5) is 5.69 Å². The molecule has 36 heavy (non-hydrogen) atoms. The van der Waals surface area contributed by atoms with E-state index < -0.39 is 5.97 Å². The van der Waals surface area contributed by atoms with Gasteiger partial charge in [-0.1, -0.05) is 48.5 Å². The van der Waals surface area contributed by atoms with Crippen LogP contribution in [0.2, 0.25) is 0 Å². The molecule has 4 rings (SSSR count). The summed E-state index contributed by atoms with van der Waals surface area (Å²) in [6.07, 6.45) is 1.61. The number of carbonyl (C=O) groups excluding carboxylic acids is 1. The molecule has 0 saturated carbocycles. The van der Waals surface area contributed by atoms with Crippen LogP contribution >= 0.6 is 0 Å². The minimum Gasteiger partial charge on any atom is -0.494 e. The van der Waals surface area contributed by atoms with Crippen LogP contribution in [-0.4, -0.2) is 34.4 Å². The van der Waals surface area contributed by atoms with Gasteiger partial charge in [0.2, 0.25) is 0 Å². The third-order valence-corrected chi connectivity index (χ3v) is 6.15. The number of nitrogens with one attached hydrogen (secondary N) is 1. The van der Waals surface area contributed by atoms with E-state index in [1.165, 1.54) is 7.11 Å². The first-order valence-electron chi connectivity index (χ1n) is 11.9. The molecule has 0 spiro atoms. The third kappa shape index (κ3) is 5.64. The predicted molar refractivity (Wildman–Crippen MR) is 144 cm³/mol. The van der Waals surface area contributed by atoms with Crippen molar-refractivity contribution < 1.29 is 14.6 Å². The first-order chi connectivity index (χ1) is 17.2. The maximum Gasteiger partial charge on any atom is 0.337 e. The summed E-state index contributed by atoms with van der Waals surface area (Å²) in [5.41, 5.74) is 17.0. The van der Waals surface area contributed by atoms with Crippen molar-refractivity contribution in [3.05, 3.63) is 95.1 Å². The number of rotatable bonds is 8. The molecule has 186 valence electrons. The average molecular weight is 485 g/mol. The second-order valence-electron chi connectivity index (χ2n) is 9.65. The topological polar surface area (TPSA) is 127 Å². The Hall–Kier alpha value is -3.94. The summed E-state index contributed by atoms with van der Waals surface area (Å²) >= 11 is 0. The Kier molecular flexibility index (Phi) is 7.24. The molecule has 1 unspecified atom stereocenters. The Morgan fingerprint density at radius 1 is 1.06 bits per heavy atom. The number of benzene rings is 3. The van der Waals surface area contributed by atoms with Crippen LogP contribution in [0.1, 0.15) is 59.8 Å². The zero-order valence-electron chi connectivity index (χ0n) is 20.8. The predicted octanol–water partition coefficient (Wildman–Crippen LogP) is 5.35. The van der Waals surface area contributed by atoms with Crippen molar-refractivity contribution in [1.82, 2.24) is 4.98 Å². The summed E-state index contributed by atoms with van der Waals surface area (Å²) in [6, 6.07) is 22.5. The molecule has 0 saturated heterocycles. The van der Waals surface area contributed by atoms with Gasteiger partial charge in [-0.05, 0) is 56.5 Å². The van der Waals surface area contributed by atoms with Gasteiger partial charge < -0.3 is 26.3 Å². The van der Waals surface area contributed by atoms with E-state index in [-0.39, 0.29) is 17.5 Å². The van der Waals surface area contributed by atoms with Crippen LogP contribution in [-0.2, 0) is 4.74 Å². The maximum atomic E-state index is 12.0. The zero-order chi connectivity index (χ0) is 25.9. The highest BCUT2D eigenvalue weighted by Gasteiger charge is 2.20. The zero-order valence-corrected chi connectivity index (χ0v) is 20.8. The average Bonchev–Trinajstić information content (AvgIpc) is 3.20. The molecule has 7 nitrogen and oxygen atoms in total. The Bertz CT molecular complexity index is 1380. The lowest BCUT2D eigenvalue weighted by atomic mass is 9.94. The highest BCUT2D eigenvalue weighted by atomic mass is 16.5. The molecule has 0 aliphatic heterocycles. The summed E-state index contributed by atoms with van der Waals surface area (Å²) in [5, 5.41) is 11.6. The number of fused-ring (bicyclic) bond motifs is 1. The van der Waals surface area contributed by atoms with Crippen molar-refractivity contribution in [2.24, 2.45) is 16.5 Å². The Labute approximate surface area is 210 Å². The number of aromatic hydroxyl groups is 1. The molecule has 4 aromatic rings. The monoisotopic (exact) mass is 484 g/mol. The lowest BCUT2D eigenvalue weighted by Crippen LogP contribution is -2.32. The van der Waals surface area contributed by atoms with Crippen LogP contribution in [0.25, 0.3) is 10.9 Å². The summed E-state index contributed by atoms with van der Waals surface area (Å²) < 4.78 is 4.82. The van der Waals surface area contributed by atoms with Crippen molar-refractivity contribution in [3.63, 3.8) is 0 Å². The van der Waals surface area contributed by atoms with Crippen LogP contribution < -0.4 is 11.5 Å². The number of aliphatic imine (C=N–C) groups is 1. The van der Waals surface area contributed by atoms with Gasteiger partial charge in [-0.15, -0.1) is 0 Å². The Morgan fingerprint density at radius 2 is 1.75 bits per heavy atom. The van der Waals surface area contributed by atoms with Gasteiger partial charge in [0.05, 0.1) is 29.6 Å². The fourth-order valence-electron chi connectivity index (χ4n) is 4.15. The van der Waals surface area contributed by atoms with E-state index in [1.807, 2.05) is 68.4 Å². The first-order valence-corrected chi connectivity index (χ1v) is 11.9. The lowest BCUT2D eigenvalue weighted by molar-refractivity contribution is 0.0601.